The molecule has 1 aliphatic heterocycles. The van der Waals surface area contributed by atoms with Crippen LogP contribution in [-0.2, 0) is 4.74 Å². The summed E-state index contributed by atoms with van der Waals surface area (Å²) in [6.45, 7) is 5.20. The van der Waals surface area contributed by atoms with E-state index in [-0.39, 0.29) is 6.23 Å². The van der Waals surface area contributed by atoms with E-state index in [1.807, 2.05) is 30.3 Å². The lowest BCUT2D eigenvalue weighted by molar-refractivity contribution is -0.0484. The molecule has 0 N–H and O–H groups in total. The Morgan fingerprint density at radius 3 is 2.86 bits per heavy atom. The average molecular weight is 297 g/mol. The smallest absolute Gasteiger partial charge is 0.233 e. The van der Waals surface area contributed by atoms with Gasteiger partial charge in [0.1, 0.15) is 11.6 Å². The Kier molecular flexibility index (Phi) is 4.52. The molecule has 1 aliphatic rings. The highest BCUT2D eigenvalue weighted by Gasteiger charge is 2.22. The van der Waals surface area contributed by atoms with Crippen LogP contribution in [0.2, 0.25) is 0 Å². The van der Waals surface area contributed by atoms with Gasteiger partial charge in [0.05, 0.1) is 18.7 Å². The minimum atomic E-state index is -0.0790. The highest BCUT2D eigenvalue weighted by Crippen LogP contribution is 2.24. The predicted octanol–water partition coefficient (Wildman–Crippen LogP) is 2.55. The van der Waals surface area contributed by atoms with Crippen molar-refractivity contribution >= 4 is 10.9 Å². The summed E-state index contributed by atoms with van der Waals surface area (Å²) in [5.41, 5.74) is 1.32. The van der Waals surface area contributed by atoms with Gasteiger partial charge in [-0.1, -0.05) is 25.1 Å². The molecule has 0 aliphatic carbocycles. The molecule has 1 saturated heterocycles. The molecular formula is C17H19N3O2. The van der Waals surface area contributed by atoms with Gasteiger partial charge in [-0.3, -0.25) is 4.90 Å². The third-order valence-corrected chi connectivity index (χ3v) is 3.86. The number of hydrogen-bond donors (Lipinski definition) is 0. The largest absolute Gasteiger partial charge is 0.457 e. The van der Waals surface area contributed by atoms with Crippen molar-refractivity contribution in [3.8, 4) is 11.9 Å². The van der Waals surface area contributed by atoms with Crippen molar-refractivity contribution in [1.82, 2.24) is 9.88 Å². The molecule has 0 saturated carbocycles. The second kappa shape index (κ2) is 6.73. The van der Waals surface area contributed by atoms with Gasteiger partial charge < -0.3 is 9.47 Å². The fraction of sp³-hybridized carbons (Fsp3) is 0.412. The van der Waals surface area contributed by atoms with Gasteiger partial charge in [-0.05, 0) is 18.6 Å². The van der Waals surface area contributed by atoms with Crippen molar-refractivity contribution in [2.75, 3.05) is 26.3 Å². The zero-order chi connectivity index (χ0) is 15.4. The van der Waals surface area contributed by atoms with Crippen molar-refractivity contribution in [2.24, 2.45) is 0 Å². The molecule has 0 spiro atoms. The molecule has 1 aromatic carbocycles. The van der Waals surface area contributed by atoms with Crippen LogP contribution in [0.15, 0.2) is 30.3 Å². The summed E-state index contributed by atoms with van der Waals surface area (Å²) >= 11 is 0. The Labute approximate surface area is 130 Å². The van der Waals surface area contributed by atoms with Crippen molar-refractivity contribution < 1.29 is 9.47 Å². The molecule has 2 heterocycles. The van der Waals surface area contributed by atoms with E-state index in [0.717, 1.165) is 43.6 Å². The van der Waals surface area contributed by atoms with Crippen LogP contribution in [0.3, 0.4) is 0 Å². The van der Waals surface area contributed by atoms with Crippen LogP contribution in [0.1, 0.15) is 18.9 Å². The van der Waals surface area contributed by atoms with Gasteiger partial charge in [0.2, 0.25) is 5.88 Å². The van der Waals surface area contributed by atoms with E-state index in [1.165, 1.54) is 0 Å². The van der Waals surface area contributed by atoms with Gasteiger partial charge in [0.15, 0.2) is 6.23 Å². The Morgan fingerprint density at radius 2 is 2.14 bits per heavy atom. The van der Waals surface area contributed by atoms with Gasteiger partial charge in [-0.15, -0.1) is 0 Å². The highest BCUT2D eigenvalue weighted by molar-refractivity contribution is 5.80. The minimum absolute atomic E-state index is 0.0790. The van der Waals surface area contributed by atoms with Crippen molar-refractivity contribution in [1.29, 1.82) is 5.26 Å². The third kappa shape index (κ3) is 3.03. The predicted molar refractivity (Wildman–Crippen MR) is 83.6 cm³/mol. The lowest BCUT2D eigenvalue weighted by atomic mass is 10.1. The molecule has 1 atom stereocenters. The van der Waals surface area contributed by atoms with Gasteiger partial charge >= 0.3 is 0 Å². The Balaban J connectivity index is 1.89. The zero-order valence-electron chi connectivity index (χ0n) is 12.7. The summed E-state index contributed by atoms with van der Waals surface area (Å²) < 4.78 is 11.5. The molecule has 5 nitrogen and oxygen atoms in total. The quantitative estimate of drug-likeness (QED) is 0.868. The molecule has 0 bridgehead atoms. The molecule has 2 aromatic rings. The first kappa shape index (κ1) is 14.8. The summed E-state index contributed by atoms with van der Waals surface area (Å²) in [6, 6.07) is 11.8. The first-order valence-electron chi connectivity index (χ1n) is 7.60. The number of hydrogen-bond acceptors (Lipinski definition) is 5. The lowest BCUT2D eigenvalue weighted by Gasteiger charge is -2.33. The van der Waals surface area contributed by atoms with Crippen molar-refractivity contribution in [2.45, 2.75) is 19.6 Å². The van der Waals surface area contributed by atoms with Crippen LogP contribution in [0, 0.1) is 11.3 Å². The van der Waals surface area contributed by atoms with Crippen LogP contribution in [-0.4, -0.2) is 42.4 Å². The van der Waals surface area contributed by atoms with Crippen LogP contribution in [0.4, 0.5) is 0 Å². The third-order valence-electron chi connectivity index (χ3n) is 3.86. The monoisotopic (exact) mass is 297 g/mol. The van der Waals surface area contributed by atoms with E-state index in [0.29, 0.717) is 11.4 Å². The molecule has 1 aromatic heterocycles. The van der Waals surface area contributed by atoms with E-state index in [4.69, 9.17) is 9.47 Å². The highest BCUT2D eigenvalue weighted by atomic mass is 16.5. The number of aromatic nitrogens is 1. The maximum Gasteiger partial charge on any atom is 0.233 e. The molecule has 0 radical (unpaired) electrons. The Bertz CT molecular complexity index is 690. The SMILES string of the molecule is CCC(Oc1nc2ccccc2cc1C#N)N1CCOCC1. The van der Waals surface area contributed by atoms with E-state index in [2.05, 4.69) is 22.9 Å². The Morgan fingerprint density at radius 1 is 1.36 bits per heavy atom. The molecule has 5 heteroatoms. The summed E-state index contributed by atoms with van der Waals surface area (Å²) in [7, 11) is 0. The fourth-order valence-electron chi connectivity index (χ4n) is 2.68. The van der Waals surface area contributed by atoms with E-state index in [9.17, 15) is 5.26 Å². The summed E-state index contributed by atoms with van der Waals surface area (Å²) in [5.74, 6) is 0.416. The molecule has 3 rings (SSSR count). The van der Waals surface area contributed by atoms with E-state index in [1.54, 1.807) is 0 Å². The molecule has 1 fully saturated rings. The number of nitrogens with zero attached hydrogens (tertiary/aromatic N) is 3. The standard InChI is InChI=1S/C17H19N3O2/c1-2-16(20-7-9-21-10-8-20)22-17-14(12-18)11-13-5-3-4-6-15(13)19-17/h3-6,11,16H,2,7-10H2,1H3. The van der Waals surface area contributed by atoms with Crippen LogP contribution < -0.4 is 4.74 Å². The summed E-state index contributed by atoms with van der Waals surface area (Å²) in [5, 5.41) is 10.3. The summed E-state index contributed by atoms with van der Waals surface area (Å²) in [6.07, 6.45) is 0.754. The molecule has 114 valence electrons. The Hall–Kier alpha value is -2.16. The van der Waals surface area contributed by atoms with Crippen LogP contribution >= 0.6 is 0 Å². The number of pyridine rings is 1. The van der Waals surface area contributed by atoms with Gasteiger partial charge in [0, 0.05) is 18.5 Å². The van der Waals surface area contributed by atoms with Gasteiger partial charge in [-0.2, -0.15) is 5.26 Å². The number of benzene rings is 1. The van der Waals surface area contributed by atoms with Gasteiger partial charge in [-0.25, -0.2) is 4.98 Å². The first-order chi connectivity index (χ1) is 10.8. The second-order valence-electron chi connectivity index (χ2n) is 5.27. The molecule has 1 unspecified atom stereocenters. The topological polar surface area (TPSA) is 58.4 Å². The normalized spacial score (nSPS) is 17.1. The zero-order valence-corrected chi connectivity index (χ0v) is 12.7. The number of morpholine rings is 1. The number of para-hydroxylation sites is 1. The maximum atomic E-state index is 9.37. The molecular weight excluding hydrogens is 278 g/mol. The molecule has 0 amide bonds. The van der Waals surface area contributed by atoms with Crippen molar-refractivity contribution in [3.05, 3.63) is 35.9 Å². The van der Waals surface area contributed by atoms with E-state index < -0.39 is 0 Å². The van der Waals surface area contributed by atoms with Gasteiger partial charge in [0.25, 0.3) is 0 Å². The number of fused-ring (bicyclic) bond motifs is 1. The summed E-state index contributed by atoms with van der Waals surface area (Å²) in [4.78, 5) is 6.76. The first-order valence-corrected chi connectivity index (χ1v) is 7.60. The van der Waals surface area contributed by atoms with Crippen molar-refractivity contribution in [3.63, 3.8) is 0 Å². The maximum absolute atomic E-state index is 9.37. The molecule has 22 heavy (non-hydrogen) atoms. The fourth-order valence-corrected chi connectivity index (χ4v) is 2.68. The second-order valence-corrected chi connectivity index (χ2v) is 5.27. The minimum Gasteiger partial charge on any atom is -0.457 e. The number of ether oxygens (including phenoxy) is 2. The van der Waals surface area contributed by atoms with Crippen LogP contribution in [0.5, 0.6) is 5.88 Å². The van der Waals surface area contributed by atoms with E-state index >= 15 is 0 Å². The van der Waals surface area contributed by atoms with Crippen LogP contribution in [0.25, 0.3) is 10.9 Å². The number of nitriles is 1. The average Bonchev–Trinajstić information content (AvgIpc) is 2.59. The number of rotatable bonds is 4. The lowest BCUT2D eigenvalue weighted by Crippen LogP contribution is -2.46.